The van der Waals surface area contributed by atoms with Crippen LogP contribution in [0.2, 0.25) is 0 Å². The summed E-state index contributed by atoms with van der Waals surface area (Å²) in [5.74, 6) is 0.631. The van der Waals surface area contributed by atoms with E-state index < -0.39 is 6.09 Å². The molecule has 78 valence electrons. The largest absolute Gasteiger partial charge is 0.449 e. The summed E-state index contributed by atoms with van der Waals surface area (Å²) in [4.78, 5) is 11.2. The zero-order chi connectivity index (χ0) is 10.4. The molecule has 5 heteroatoms. The van der Waals surface area contributed by atoms with Gasteiger partial charge in [0.25, 0.3) is 0 Å². The zero-order valence-corrected chi connectivity index (χ0v) is 8.49. The third-order valence-corrected chi connectivity index (χ3v) is 1.78. The molecule has 0 bridgehead atoms. The summed E-state index contributed by atoms with van der Waals surface area (Å²) in [5.41, 5.74) is 0. The van der Waals surface area contributed by atoms with Crippen LogP contribution >= 0.6 is 0 Å². The fourth-order valence-corrected chi connectivity index (χ4v) is 0.946. The average Bonchev–Trinajstić information content (AvgIpc) is 2.52. The Labute approximate surface area is 83.1 Å². The number of ether oxygens (including phenoxy) is 1. The van der Waals surface area contributed by atoms with Gasteiger partial charge in [0.2, 0.25) is 0 Å². The maximum atomic E-state index is 11.2. The van der Waals surface area contributed by atoms with Gasteiger partial charge < -0.3 is 4.74 Å². The number of nitrogens with one attached hydrogen (secondary N) is 1. The summed E-state index contributed by atoms with van der Waals surface area (Å²) in [5, 5.41) is 6.50. The van der Waals surface area contributed by atoms with Gasteiger partial charge in [0, 0.05) is 13.1 Å². The maximum absolute atomic E-state index is 11.2. The van der Waals surface area contributed by atoms with Crippen molar-refractivity contribution in [2.75, 3.05) is 11.9 Å². The molecule has 0 fully saturated rings. The van der Waals surface area contributed by atoms with Crippen molar-refractivity contribution < 1.29 is 9.53 Å². The summed E-state index contributed by atoms with van der Waals surface area (Å²) >= 11 is 0. The van der Waals surface area contributed by atoms with E-state index in [-0.39, 0.29) is 0 Å². The van der Waals surface area contributed by atoms with Crippen LogP contribution in [0.25, 0.3) is 0 Å². The van der Waals surface area contributed by atoms with Crippen molar-refractivity contribution >= 4 is 11.9 Å². The topological polar surface area (TPSA) is 56.1 Å². The van der Waals surface area contributed by atoms with Gasteiger partial charge in [-0.05, 0) is 6.42 Å². The molecular weight excluding hydrogens is 182 g/mol. The SMILES string of the molecule is CCCCOC(=O)Nc1ccnn1C. The first-order valence-corrected chi connectivity index (χ1v) is 4.66. The van der Waals surface area contributed by atoms with Crippen LogP contribution in [0.1, 0.15) is 19.8 Å². The molecule has 1 rings (SSSR count). The van der Waals surface area contributed by atoms with Crippen molar-refractivity contribution in [3.05, 3.63) is 12.3 Å². The predicted molar refractivity (Wildman–Crippen MR) is 53.1 cm³/mol. The van der Waals surface area contributed by atoms with E-state index in [0.29, 0.717) is 12.4 Å². The highest BCUT2D eigenvalue weighted by atomic mass is 16.5. The lowest BCUT2D eigenvalue weighted by molar-refractivity contribution is 0.159. The Balaban J connectivity index is 2.31. The first kappa shape index (κ1) is 10.6. The van der Waals surface area contributed by atoms with Crippen molar-refractivity contribution in [2.24, 2.45) is 7.05 Å². The van der Waals surface area contributed by atoms with Crippen molar-refractivity contribution in [2.45, 2.75) is 19.8 Å². The summed E-state index contributed by atoms with van der Waals surface area (Å²) < 4.78 is 6.49. The normalized spacial score (nSPS) is 9.86. The highest BCUT2D eigenvalue weighted by Crippen LogP contribution is 2.03. The molecule has 0 radical (unpaired) electrons. The van der Waals surface area contributed by atoms with E-state index in [1.54, 1.807) is 24.0 Å². The third kappa shape index (κ3) is 3.08. The Bertz CT molecular complexity index is 296. The summed E-state index contributed by atoms with van der Waals surface area (Å²) in [7, 11) is 1.75. The first-order valence-electron chi connectivity index (χ1n) is 4.66. The third-order valence-electron chi connectivity index (χ3n) is 1.78. The number of hydrogen-bond donors (Lipinski definition) is 1. The molecule has 1 heterocycles. The molecule has 1 amide bonds. The second-order valence-corrected chi connectivity index (χ2v) is 2.95. The molecule has 0 saturated carbocycles. The van der Waals surface area contributed by atoms with Gasteiger partial charge in [-0.1, -0.05) is 13.3 Å². The molecule has 0 aliphatic rings. The van der Waals surface area contributed by atoms with E-state index in [1.165, 1.54) is 0 Å². The molecule has 1 aromatic heterocycles. The van der Waals surface area contributed by atoms with Gasteiger partial charge in [-0.15, -0.1) is 0 Å². The minimum absolute atomic E-state index is 0.429. The summed E-state index contributed by atoms with van der Waals surface area (Å²) in [6, 6.07) is 1.71. The standard InChI is InChI=1S/C9H15N3O2/c1-3-4-7-14-9(13)11-8-5-6-10-12(8)2/h5-6H,3-4,7H2,1-2H3,(H,11,13). The molecule has 0 atom stereocenters. The van der Waals surface area contributed by atoms with Crippen LogP contribution in [0.5, 0.6) is 0 Å². The maximum Gasteiger partial charge on any atom is 0.412 e. The van der Waals surface area contributed by atoms with Gasteiger partial charge in [0.1, 0.15) is 5.82 Å². The molecule has 14 heavy (non-hydrogen) atoms. The lowest BCUT2D eigenvalue weighted by atomic mass is 10.4. The van der Waals surface area contributed by atoms with E-state index in [9.17, 15) is 4.79 Å². The number of carbonyl (C=O) groups is 1. The van der Waals surface area contributed by atoms with E-state index in [4.69, 9.17) is 4.74 Å². The van der Waals surface area contributed by atoms with E-state index in [0.717, 1.165) is 12.8 Å². The molecule has 5 nitrogen and oxygen atoms in total. The number of aromatic nitrogens is 2. The summed E-state index contributed by atoms with van der Waals surface area (Å²) in [6.45, 7) is 2.50. The lowest BCUT2D eigenvalue weighted by Crippen LogP contribution is -2.16. The van der Waals surface area contributed by atoms with Crippen LogP contribution < -0.4 is 5.32 Å². The molecule has 1 N–H and O–H groups in total. The molecule has 1 aromatic rings. The van der Waals surface area contributed by atoms with E-state index >= 15 is 0 Å². The second-order valence-electron chi connectivity index (χ2n) is 2.95. The average molecular weight is 197 g/mol. The number of carbonyl (C=O) groups excluding carboxylic acids is 1. The zero-order valence-electron chi connectivity index (χ0n) is 8.49. The van der Waals surface area contributed by atoms with Gasteiger partial charge >= 0.3 is 6.09 Å². The van der Waals surface area contributed by atoms with E-state index in [1.807, 2.05) is 6.92 Å². The Kier molecular flexibility index (Phi) is 3.97. The van der Waals surface area contributed by atoms with Gasteiger partial charge in [-0.2, -0.15) is 5.10 Å². The second kappa shape index (κ2) is 5.26. The molecule has 0 aliphatic carbocycles. The Hall–Kier alpha value is -1.52. The van der Waals surface area contributed by atoms with Crippen LogP contribution in [0.3, 0.4) is 0 Å². The van der Waals surface area contributed by atoms with Crippen LogP contribution in [0, 0.1) is 0 Å². The molecule has 0 spiro atoms. The van der Waals surface area contributed by atoms with Gasteiger partial charge in [-0.25, -0.2) is 4.79 Å². The first-order chi connectivity index (χ1) is 6.74. The number of hydrogen-bond acceptors (Lipinski definition) is 3. The van der Waals surface area contributed by atoms with Crippen molar-refractivity contribution in [1.82, 2.24) is 9.78 Å². The highest BCUT2D eigenvalue weighted by molar-refractivity contribution is 5.83. The molecule has 0 unspecified atom stereocenters. The van der Waals surface area contributed by atoms with Crippen molar-refractivity contribution in [3.8, 4) is 0 Å². The minimum atomic E-state index is -0.429. The van der Waals surface area contributed by atoms with Gasteiger partial charge in [0.05, 0.1) is 12.8 Å². The van der Waals surface area contributed by atoms with Crippen LogP contribution in [-0.4, -0.2) is 22.5 Å². The quantitative estimate of drug-likeness (QED) is 0.748. The number of amides is 1. The molecule has 0 aliphatic heterocycles. The fourth-order valence-electron chi connectivity index (χ4n) is 0.946. The molecule has 0 aromatic carbocycles. The van der Waals surface area contributed by atoms with Crippen molar-refractivity contribution in [1.29, 1.82) is 0 Å². The number of aryl methyl sites for hydroxylation is 1. The van der Waals surface area contributed by atoms with Gasteiger partial charge in [0.15, 0.2) is 0 Å². The van der Waals surface area contributed by atoms with Crippen LogP contribution in [0.15, 0.2) is 12.3 Å². The smallest absolute Gasteiger partial charge is 0.412 e. The number of unbranched alkanes of at least 4 members (excludes halogenated alkanes) is 1. The number of rotatable bonds is 4. The lowest BCUT2D eigenvalue weighted by Gasteiger charge is -2.05. The summed E-state index contributed by atoms with van der Waals surface area (Å²) in [6.07, 6.45) is 3.08. The van der Waals surface area contributed by atoms with Gasteiger partial charge in [-0.3, -0.25) is 10.00 Å². The van der Waals surface area contributed by atoms with E-state index in [2.05, 4.69) is 10.4 Å². The Morgan fingerprint density at radius 2 is 2.50 bits per heavy atom. The van der Waals surface area contributed by atoms with Crippen LogP contribution in [-0.2, 0) is 11.8 Å². The van der Waals surface area contributed by atoms with Crippen molar-refractivity contribution in [3.63, 3.8) is 0 Å². The molecule has 0 saturated heterocycles. The fraction of sp³-hybridized carbons (Fsp3) is 0.556. The Morgan fingerprint density at radius 1 is 1.71 bits per heavy atom. The highest BCUT2D eigenvalue weighted by Gasteiger charge is 2.04. The number of anilines is 1. The van der Waals surface area contributed by atoms with Crippen LogP contribution in [0.4, 0.5) is 10.6 Å². The molecular formula is C9H15N3O2. The number of nitrogens with zero attached hydrogens (tertiary/aromatic N) is 2. The Morgan fingerprint density at radius 3 is 3.07 bits per heavy atom. The minimum Gasteiger partial charge on any atom is -0.449 e. The predicted octanol–water partition coefficient (Wildman–Crippen LogP) is 1.77. The monoisotopic (exact) mass is 197 g/mol.